The maximum Gasteiger partial charge on any atom is 0.152 e. The lowest BCUT2D eigenvalue weighted by Gasteiger charge is -2.10. The van der Waals surface area contributed by atoms with Crippen LogP contribution in [0.5, 0.6) is 0 Å². The Balaban J connectivity index is 2.11. The second kappa shape index (κ2) is 4.76. The number of hydrogen-bond acceptors (Lipinski definition) is 3. The van der Waals surface area contributed by atoms with Crippen molar-refractivity contribution in [2.24, 2.45) is 0 Å². The van der Waals surface area contributed by atoms with E-state index in [2.05, 4.69) is 16.8 Å². The monoisotopic (exact) mass is 277 g/mol. The molecule has 1 atom stereocenters. The summed E-state index contributed by atoms with van der Waals surface area (Å²) in [5.41, 5.74) is 0.756. The van der Waals surface area contributed by atoms with Gasteiger partial charge in [-0.25, -0.2) is 0 Å². The molecule has 3 aromatic rings. The van der Waals surface area contributed by atoms with Crippen molar-refractivity contribution in [2.45, 2.75) is 6.04 Å². The van der Waals surface area contributed by atoms with Gasteiger partial charge < -0.3 is 9.73 Å². The Morgan fingerprint density at radius 1 is 1.28 bits per heavy atom. The van der Waals surface area contributed by atoms with Crippen molar-refractivity contribution in [3.63, 3.8) is 0 Å². The standard InChI is InChI=1S/C14H12ClNOS/c1-16-13(12-6-3-7-18-12)11-8-9-4-2-5-10(15)14(9)17-11/h2-8,13,16H,1H3. The summed E-state index contributed by atoms with van der Waals surface area (Å²) < 4.78 is 5.89. The van der Waals surface area contributed by atoms with E-state index < -0.39 is 0 Å². The van der Waals surface area contributed by atoms with E-state index in [1.165, 1.54) is 4.88 Å². The second-order valence-electron chi connectivity index (χ2n) is 4.04. The summed E-state index contributed by atoms with van der Waals surface area (Å²) in [4.78, 5) is 1.23. The molecule has 2 aromatic heterocycles. The quantitative estimate of drug-likeness (QED) is 0.765. The molecule has 0 saturated heterocycles. The van der Waals surface area contributed by atoms with Gasteiger partial charge in [0.25, 0.3) is 0 Å². The molecule has 0 aliphatic heterocycles. The molecule has 0 spiro atoms. The molecule has 0 radical (unpaired) electrons. The molecule has 0 fully saturated rings. The highest BCUT2D eigenvalue weighted by Crippen LogP contribution is 2.33. The summed E-state index contributed by atoms with van der Waals surface area (Å²) in [5.74, 6) is 0.892. The van der Waals surface area contributed by atoms with Gasteiger partial charge in [0.05, 0.1) is 5.02 Å². The minimum atomic E-state index is 0.0773. The molecule has 1 aromatic carbocycles. The first-order valence-corrected chi connectivity index (χ1v) is 6.94. The highest BCUT2D eigenvalue weighted by Gasteiger charge is 2.18. The fraction of sp³-hybridized carbons (Fsp3) is 0.143. The number of nitrogens with one attached hydrogen (secondary N) is 1. The molecule has 0 bridgehead atoms. The van der Waals surface area contributed by atoms with Crippen LogP contribution in [0.4, 0.5) is 0 Å². The number of thiophene rings is 1. The van der Waals surface area contributed by atoms with Gasteiger partial charge in [0.2, 0.25) is 0 Å². The third-order valence-corrected chi connectivity index (χ3v) is 4.15. The Morgan fingerprint density at radius 3 is 2.83 bits per heavy atom. The first-order chi connectivity index (χ1) is 8.79. The summed E-state index contributed by atoms with van der Waals surface area (Å²) in [6, 6.07) is 12.0. The number of para-hydroxylation sites is 1. The molecule has 0 aliphatic rings. The number of furan rings is 1. The lowest BCUT2D eigenvalue weighted by atomic mass is 10.1. The van der Waals surface area contributed by atoms with Gasteiger partial charge in [-0.3, -0.25) is 0 Å². The number of rotatable bonds is 3. The lowest BCUT2D eigenvalue weighted by molar-refractivity contribution is 0.495. The topological polar surface area (TPSA) is 25.2 Å². The number of benzene rings is 1. The minimum absolute atomic E-state index is 0.0773. The SMILES string of the molecule is CNC(c1cc2cccc(Cl)c2o1)c1cccs1. The molecule has 0 aliphatic carbocycles. The summed E-state index contributed by atoms with van der Waals surface area (Å²) in [5, 5.41) is 7.03. The van der Waals surface area contributed by atoms with E-state index in [1.807, 2.05) is 37.4 Å². The summed E-state index contributed by atoms with van der Waals surface area (Å²) >= 11 is 7.84. The zero-order chi connectivity index (χ0) is 12.5. The van der Waals surface area contributed by atoms with Crippen LogP contribution in [0, 0.1) is 0 Å². The van der Waals surface area contributed by atoms with Crippen LogP contribution in [0.1, 0.15) is 16.7 Å². The van der Waals surface area contributed by atoms with Gasteiger partial charge in [-0.15, -0.1) is 11.3 Å². The van der Waals surface area contributed by atoms with Crippen LogP contribution in [-0.4, -0.2) is 7.05 Å². The summed E-state index contributed by atoms with van der Waals surface area (Å²) in [7, 11) is 1.93. The van der Waals surface area contributed by atoms with Crippen molar-refractivity contribution < 1.29 is 4.42 Å². The maximum absolute atomic E-state index is 6.13. The van der Waals surface area contributed by atoms with E-state index in [0.29, 0.717) is 5.02 Å². The smallest absolute Gasteiger partial charge is 0.152 e. The molecule has 3 rings (SSSR count). The third kappa shape index (κ3) is 1.94. The molecule has 2 nitrogen and oxygen atoms in total. The van der Waals surface area contributed by atoms with E-state index >= 15 is 0 Å². The van der Waals surface area contributed by atoms with E-state index in [-0.39, 0.29) is 6.04 Å². The highest BCUT2D eigenvalue weighted by atomic mass is 35.5. The number of hydrogen-bond donors (Lipinski definition) is 1. The predicted molar refractivity (Wildman–Crippen MR) is 76.4 cm³/mol. The van der Waals surface area contributed by atoms with Gasteiger partial charge in [-0.05, 0) is 30.6 Å². The molecule has 0 saturated carbocycles. The second-order valence-corrected chi connectivity index (χ2v) is 5.43. The van der Waals surface area contributed by atoms with Gasteiger partial charge in [0.15, 0.2) is 5.58 Å². The van der Waals surface area contributed by atoms with Crippen LogP contribution in [0.15, 0.2) is 46.2 Å². The van der Waals surface area contributed by atoms with Crippen molar-refractivity contribution in [3.8, 4) is 0 Å². The van der Waals surface area contributed by atoms with Crippen LogP contribution in [0.3, 0.4) is 0 Å². The highest BCUT2D eigenvalue weighted by molar-refractivity contribution is 7.10. The van der Waals surface area contributed by atoms with E-state index in [4.69, 9.17) is 16.0 Å². The minimum Gasteiger partial charge on any atom is -0.457 e. The van der Waals surface area contributed by atoms with Crippen LogP contribution >= 0.6 is 22.9 Å². The fourth-order valence-electron chi connectivity index (χ4n) is 2.07. The molecule has 4 heteroatoms. The Bertz CT molecular complexity index is 660. The molecule has 0 amide bonds. The van der Waals surface area contributed by atoms with Crippen LogP contribution < -0.4 is 5.32 Å². The van der Waals surface area contributed by atoms with Gasteiger partial charge in [-0.2, -0.15) is 0 Å². The number of fused-ring (bicyclic) bond motifs is 1. The van der Waals surface area contributed by atoms with Gasteiger partial charge >= 0.3 is 0 Å². The van der Waals surface area contributed by atoms with E-state index in [9.17, 15) is 0 Å². The molecular weight excluding hydrogens is 266 g/mol. The zero-order valence-corrected chi connectivity index (χ0v) is 11.4. The van der Waals surface area contributed by atoms with Gasteiger partial charge in [0, 0.05) is 10.3 Å². The first-order valence-electron chi connectivity index (χ1n) is 5.68. The third-order valence-electron chi connectivity index (χ3n) is 2.92. The largest absolute Gasteiger partial charge is 0.457 e. The lowest BCUT2D eigenvalue weighted by Crippen LogP contribution is -2.15. The average molecular weight is 278 g/mol. The summed E-state index contributed by atoms with van der Waals surface area (Å²) in [6.45, 7) is 0. The van der Waals surface area contributed by atoms with Crippen molar-refractivity contribution in [1.29, 1.82) is 0 Å². The Kier molecular flexibility index (Phi) is 3.12. The van der Waals surface area contributed by atoms with Gasteiger partial charge in [-0.1, -0.05) is 29.8 Å². The molecule has 1 unspecified atom stereocenters. The zero-order valence-electron chi connectivity index (χ0n) is 9.81. The van der Waals surface area contributed by atoms with Crippen molar-refractivity contribution in [3.05, 3.63) is 57.4 Å². The van der Waals surface area contributed by atoms with E-state index in [1.54, 1.807) is 11.3 Å². The van der Waals surface area contributed by atoms with Crippen LogP contribution in [-0.2, 0) is 0 Å². The fourth-order valence-corrected chi connectivity index (χ4v) is 3.13. The Morgan fingerprint density at radius 2 is 2.17 bits per heavy atom. The predicted octanol–water partition coefficient (Wildman–Crippen LogP) is 4.46. The van der Waals surface area contributed by atoms with Crippen molar-refractivity contribution in [2.75, 3.05) is 7.05 Å². The molecule has 92 valence electrons. The molecule has 1 N–H and O–H groups in total. The molecule has 18 heavy (non-hydrogen) atoms. The number of halogens is 1. The van der Waals surface area contributed by atoms with Crippen molar-refractivity contribution in [1.82, 2.24) is 5.32 Å². The average Bonchev–Trinajstić information content (AvgIpc) is 3.00. The van der Waals surface area contributed by atoms with Gasteiger partial charge in [0.1, 0.15) is 11.8 Å². The first kappa shape index (κ1) is 11.8. The normalized spacial score (nSPS) is 13.0. The van der Waals surface area contributed by atoms with Crippen LogP contribution in [0.2, 0.25) is 5.02 Å². The van der Waals surface area contributed by atoms with Crippen molar-refractivity contribution >= 4 is 33.9 Å². The Hall–Kier alpha value is -1.29. The molecule has 2 heterocycles. The molecular formula is C14H12ClNOS. The Labute approximate surface area is 114 Å². The van der Waals surface area contributed by atoms with E-state index in [0.717, 1.165) is 16.7 Å². The summed E-state index contributed by atoms with van der Waals surface area (Å²) in [6.07, 6.45) is 0. The maximum atomic E-state index is 6.13. The van der Waals surface area contributed by atoms with Crippen LogP contribution in [0.25, 0.3) is 11.0 Å².